The molecule has 1 aromatic heterocycles. The zero-order valence-corrected chi connectivity index (χ0v) is 14.3. The molecule has 0 saturated carbocycles. The minimum absolute atomic E-state index is 0.192. The highest BCUT2D eigenvalue weighted by Gasteiger charge is 2.27. The van der Waals surface area contributed by atoms with Gasteiger partial charge in [0.15, 0.2) is 0 Å². The van der Waals surface area contributed by atoms with Crippen molar-refractivity contribution in [2.75, 3.05) is 18.4 Å². The molecule has 2 heterocycles. The van der Waals surface area contributed by atoms with E-state index in [0.29, 0.717) is 6.54 Å². The third-order valence-electron chi connectivity index (χ3n) is 3.17. The summed E-state index contributed by atoms with van der Waals surface area (Å²) in [7, 11) is 0. The lowest BCUT2D eigenvalue weighted by Gasteiger charge is -2.34. The maximum absolute atomic E-state index is 12.1. The number of rotatable bonds is 2. The van der Waals surface area contributed by atoms with Crippen LogP contribution in [-0.2, 0) is 4.74 Å². The molecule has 116 valence electrons. The first kappa shape index (κ1) is 16.1. The van der Waals surface area contributed by atoms with E-state index in [0.717, 1.165) is 29.7 Å². The molecule has 2 rings (SSSR count). The lowest BCUT2D eigenvalue weighted by atomic mass is 10.1. The molecule has 21 heavy (non-hydrogen) atoms. The second-order valence-electron chi connectivity index (χ2n) is 6.24. The number of carbonyl (C=O) groups excluding carboxylic acids is 1. The van der Waals surface area contributed by atoms with E-state index in [-0.39, 0.29) is 12.1 Å². The van der Waals surface area contributed by atoms with Crippen molar-refractivity contribution in [1.29, 1.82) is 0 Å². The van der Waals surface area contributed by atoms with Crippen molar-refractivity contribution >= 4 is 27.8 Å². The molecule has 6 heteroatoms. The normalized spacial score (nSPS) is 19.2. The van der Waals surface area contributed by atoms with Crippen LogP contribution in [0.3, 0.4) is 0 Å². The van der Waals surface area contributed by atoms with Gasteiger partial charge >= 0.3 is 6.09 Å². The van der Waals surface area contributed by atoms with E-state index in [9.17, 15) is 4.79 Å². The predicted octanol–water partition coefficient (Wildman–Crippen LogP) is 3.66. The van der Waals surface area contributed by atoms with Crippen molar-refractivity contribution in [3.63, 3.8) is 0 Å². The number of piperidine rings is 1. The van der Waals surface area contributed by atoms with Crippen molar-refractivity contribution < 1.29 is 9.53 Å². The number of hydrogen-bond donors (Lipinski definition) is 1. The van der Waals surface area contributed by atoms with Gasteiger partial charge in [-0.05, 0) is 61.7 Å². The SMILES string of the molecule is CC(C)(C)OC(=O)N1CCC[C@@H](Nc2ncccc2Br)C1. The highest BCUT2D eigenvalue weighted by Crippen LogP contribution is 2.22. The van der Waals surface area contributed by atoms with Crippen molar-refractivity contribution in [2.45, 2.75) is 45.3 Å². The first-order chi connectivity index (χ1) is 9.85. The molecule has 0 bridgehead atoms. The summed E-state index contributed by atoms with van der Waals surface area (Å²) in [5.74, 6) is 0.813. The standard InChI is InChI=1S/C15H22BrN3O2/c1-15(2,3)21-14(20)19-9-5-6-11(10-19)18-13-12(16)7-4-8-17-13/h4,7-8,11H,5-6,9-10H2,1-3H3,(H,17,18)/t11-/m1/s1. The Kier molecular flexibility index (Phi) is 5.08. The van der Waals surface area contributed by atoms with Crippen molar-refractivity contribution in [2.24, 2.45) is 0 Å². The number of nitrogens with zero attached hydrogens (tertiary/aromatic N) is 2. The summed E-state index contributed by atoms with van der Waals surface area (Å²) < 4.78 is 6.36. The minimum atomic E-state index is -0.457. The lowest BCUT2D eigenvalue weighted by molar-refractivity contribution is 0.0206. The fourth-order valence-corrected chi connectivity index (χ4v) is 2.64. The first-order valence-corrected chi connectivity index (χ1v) is 7.99. The predicted molar refractivity (Wildman–Crippen MR) is 86.4 cm³/mol. The maximum Gasteiger partial charge on any atom is 0.410 e. The number of anilines is 1. The monoisotopic (exact) mass is 355 g/mol. The van der Waals surface area contributed by atoms with Gasteiger partial charge in [0.1, 0.15) is 11.4 Å². The topological polar surface area (TPSA) is 54.5 Å². The molecule has 5 nitrogen and oxygen atoms in total. The Morgan fingerprint density at radius 3 is 2.95 bits per heavy atom. The van der Waals surface area contributed by atoms with Crippen LogP contribution in [0.4, 0.5) is 10.6 Å². The summed E-state index contributed by atoms with van der Waals surface area (Å²) in [6.45, 7) is 7.04. The Bertz CT molecular complexity index is 502. The van der Waals surface area contributed by atoms with E-state index in [4.69, 9.17) is 4.74 Å². The van der Waals surface area contributed by atoms with Crippen LogP contribution in [0.2, 0.25) is 0 Å². The van der Waals surface area contributed by atoms with Crippen LogP contribution < -0.4 is 5.32 Å². The van der Waals surface area contributed by atoms with Crippen LogP contribution >= 0.6 is 15.9 Å². The van der Waals surface area contributed by atoms with Crippen molar-refractivity contribution in [3.8, 4) is 0 Å². The smallest absolute Gasteiger partial charge is 0.410 e. The Balaban J connectivity index is 1.95. The van der Waals surface area contributed by atoms with E-state index in [2.05, 4.69) is 26.2 Å². The van der Waals surface area contributed by atoms with Crippen LogP contribution in [0.25, 0.3) is 0 Å². The highest BCUT2D eigenvalue weighted by molar-refractivity contribution is 9.10. The van der Waals surface area contributed by atoms with Gasteiger partial charge in [-0.2, -0.15) is 0 Å². The molecule has 1 aliphatic rings. The third-order valence-corrected chi connectivity index (χ3v) is 3.81. The molecule has 0 aliphatic carbocycles. The molecule has 1 fully saturated rings. The Morgan fingerprint density at radius 2 is 2.29 bits per heavy atom. The van der Waals surface area contributed by atoms with Gasteiger partial charge < -0.3 is 15.0 Å². The lowest BCUT2D eigenvalue weighted by Crippen LogP contribution is -2.47. The Morgan fingerprint density at radius 1 is 1.52 bits per heavy atom. The van der Waals surface area contributed by atoms with Crippen LogP contribution in [0, 0.1) is 0 Å². The number of hydrogen-bond acceptors (Lipinski definition) is 4. The van der Waals surface area contributed by atoms with Crippen LogP contribution in [0.5, 0.6) is 0 Å². The Labute approximate surface area is 134 Å². The van der Waals surface area contributed by atoms with Gasteiger partial charge in [0.25, 0.3) is 0 Å². The van der Waals surface area contributed by atoms with Gasteiger partial charge in [-0.25, -0.2) is 9.78 Å². The number of amides is 1. The zero-order chi connectivity index (χ0) is 15.5. The maximum atomic E-state index is 12.1. The van der Waals surface area contributed by atoms with Gasteiger partial charge in [0.05, 0.1) is 4.47 Å². The second-order valence-corrected chi connectivity index (χ2v) is 7.10. The van der Waals surface area contributed by atoms with Gasteiger partial charge in [-0.1, -0.05) is 0 Å². The summed E-state index contributed by atoms with van der Waals surface area (Å²) in [4.78, 5) is 18.2. The zero-order valence-electron chi connectivity index (χ0n) is 12.7. The van der Waals surface area contributed by atoms with E-state index in [1.165, 1.54) is 0 Å². The molecule has 1 atom stereocenters. The molecule has 0 unspecified atom stereocenters. The molecular formula is C15H22BrN3O2. The van der Waals surface area contributed by atoms with Crippen molar-refractivity contribution in [3.05, 3.63) is 22.8 Å². The van der Waals surface area contributed by atoms with Gasteiger partial charge in [-0.15, -0.1) is 0 Å². The molecule has 1 aromatic rings. The molecule has 0 spiro atoms. The number of likely N-dealkylation sites (tertiary alicyclic amines) is 1. The molecule has 0 aromatic carbocycles. The molecule has 1 amide bonds. The number of halogens is 1. The number of nitrogens with one attached hydrogen (secondary N) is 1. The molecular weight excluding hydrogens is 334 g/mol. The first-order valence-electron chi connectivity index (χ1n) is 7.20. The van der Waals surface area contributed by atoms with E-state index < -0.39 is 5.60 Å². The van der Waals surface area contributed by atoms with E-state index >= 15 is 0 Å². The summed E-state index contributed by atoms with van der Waals surface area (Å²) in [6.07, 6.45) is 3.49. The largest absolute Gasteiger partial charge is 0.444 e. The fourth-order valence-electron chi connectivity index (χ4n) is 2.27. The van der Waals surface area contributed by atoms with Crippen LogP contribution in [0.1, 0.15) is 33.6 Å². The van der Waals surface area contributed by atoms with Gasteiger partial charge in [0.2, 0.25) is 0 Å². The summed E-state index contributed by atoms with van der Waals surface area (Å²) in [5.41, 5.74) is -0.457. The summed E-state index contributed by atoms with van der Waals surface area (Å²) in [5, 5.41) is 3.39. The number of pyridine rings is 1. The summed E-state index contributed by atoms with van der Waals surface area (Å²) >= 11 is 3.48. The Hall–Kier alpha value is -1.30. The highest BCUT2D eigenvalue weighted by atomic mass is 79.9. The molecule has 0 radical (unpaired) electrons. The van der Waals surface area contributed by atoms with E-state index in [1.807, 2.05) is 32.9 Å². The second kappa shape index (κ2) is 6.64. The molecule has 1 N–H and O–H groups in total. The number of carbonyl (C=O) groups is 1. The van der Waals surface area contributed by atoms with Crippen LogP contribution in [-0.4, -0.2) is 40.7 Å². The molecule has 1 aliphatic heterocycles. The van der Waals surface area contributed by atoms with Crippen molar-refractivity contribution in [1.82, 2.24) is 9.88 Å². The minimum Gasteiger partial charge on any atom is -0.444 e. The molecule has 1 saturated heterocycles. The number of ether oxygens (including phenoxy) is 1. The average Bonchev–Trinajstić information content (AvgIpc) is 2.40. The number of aromatic nitrogens is 1. The summed E-state index contributed by atoms with van der Waals surface area (Å²) in [6, 6.07) is 4.02. The van der Waals surface area contributed by atoms with E-state index in [1.54, 1.807) is 11.1 Å². The fraction of sp³-hybridized carbons (Fsp3) is 0.600. The quantitative estimate of drug-likeness (QED) is 0.879. The average molecular weight is 356 g/mol. The van der Waals surface area contributed by atoms with Gasteiger partial charge in [-0.3, -0.25) is 0 Å². The van der Waals surface area contributed by atoms with Gasteiger partial charge in [0, 0.05) is 25.3 Å². The van der Waals surface area contributed by atoms with Crippen LogP contribution in [0.15, 0.2) is 22.8 Å². The third kappa shape index (κ3) is 4.88.